The summed E-state index contributed by atoms with van der Waals surface area (Å²) in [5.74, 6) is -2.11. The highest BCUT2D eigenvalue weighted by Gasteiger charge is 2.29. The number of rotatable bonds is 4. The summed E-state index contributed by atoms with van der Waals surface area (Å²) in [5, 5.41) is 0.602. The Morgan fingerprint density at radius 1 is 1.20 bits per heavy atom. The fourth-order valence-electron chi connectivity index (χ4n) is 2.78. The molecule has 20 heavy (non-hydrogen) atoms. The fraction of sp³-hybridized carbons (Fsp3) is 0.533. The van der Waals surface area contributed by atoms with Gasteiger partial charge in [-0.15, -0.1) is 0 Å². The fourth-order valence-corrected chi connectivity index (χ4v) is 3.16. The van der Waals surface area contributed by atoms with Gasteiger partial charge in [0.25, 0.3) is 5.91 Å². The molecule has 1 aromatic rings. The zero-order valence-corrected chi connectivity index (χ0v) is 12.8. The zero-order valence-electron chi connectivity index (χ0n) is 11.2. The first kappa shape index (κ1) is 15.4. The minimum Gasteiger partial charge on any atom is -0.335 e. The van der Waals surface area contributed by atoms with E-state index in [1.54, 1.807) is 4.90 Å². The van der Waals surface area contributed by atoms with Gasteiger partial charge < -0.3 is 4.90 Å². The highest BCUT2D eigenvalue weighted by molar-refractivity contribution is 9.09. The molecule has 5 heteroatoms. The minimum absolute atomic E-state index is 0.0906. The van der Waals surface area contributed by atoms with Gasteiger partial charge in [-0.05, 0) is 25.0 Å². The summed E-state index contributed by atoms with van der Waals surface area (Å²) in [5.41, 5.74) is -0.431. The summed E-state index contributed by atoms with van der Waals surface area (Å²) >= 11 is 3.31. The first-order valence-electron chi connectivity index (χ1n) is 6.96. The Morgan fingerprint density at radius 3 is 2.35 bits per heavy atom. The monoisotopic (exact) mass is 345 g/mol. The van der Waals surface area contributed by atoms with Crippen molar-refractivity contribution in [3.63, 3.8) is 0 Å². The SMILES string of the molecule is O=C(c1c(F)cccc1F)N(CCBr)C1CCCCC1. The van der Waals surface area contributed by atoms with E-state index in [1.807, 2.05) is 0 Å². The van der Waals surface area contributed by atoms with Crippen LogP contribution < -0.4 is 0 Å². The van der Waals surface area contributed by atoms with E-state index in [0.717, 1.165) is 37.8 Å². The van der Waals surface area contributed by atoms with Crippen molar-refractivity contribution < 1.29 is 13.6 Å². The number of nitrogens with zero attached hydrogens (tertiary/aromatic N) is 1. The van der Waals surface area contributed by atoms with Crippen LogP contribution in [0.1, 0.15) is 42.5 Å². The molecule has 1 aromatic carbocycles. The summed E-state index contributed by atoms with van der Waals surface area (Å²) in [6, 6.07) is 3.62. The molecule has 0 saturated heterocycles. The van der Waals surface area contributed by atoms with E-state index in [1.165, 1.54) is 12.5 Å². The molecule has 1 saturated carbocycles. The average molecular weight is 346 g/mol. The maximum Gasteiger partial charge on any atom is 0.260 e. The predicted molar refractivity (Wildman–Crippen MR) is 78.1 cm³/mol. The third kappa shape index (κ3) is 3.37. The molecule has 1 aliphatic carbocycles. The van der Waals surface area contributed by atoms with E-state index < -0.39 is 23.1 Å². The number of hydrogen-bond acceptors (Lipinski definition) is 1. The quantitative estimate of drug-likeness (QED) is 0.751. The lowest BCUT2D eigenvalue weighted by Crippen LogP contribution is -2.43. The van der Waals surface area contributed by atoms with Gasteiger partial charge in [0.2, 0.25) is 0 Å². The lowest BCUT2D eigenvalue weighted by molar-refractivity contribution is 0.0641. The normalized spacial score (nSPS) is 16.1. The van der Waals surface area contributed by atoms with E-state index in [9.17, 15) is 13.6 Å². The maximum absolute atomic E-state index is 13.8. The second-order valence-electron chi connectivity index (χ2n) is 5.08. The predicted octanol–water partition coefficient (Wildman–Crippen LogP) is 4.13. The molecular formula is C15H18BrF2NO. The number of benzene rings is 1. The summed E-state index contributed by atoms with van der Waals surface area (Å²) in [7, 11) is 0. The third-order valence-corrected chi connectivity index (χ3v) is 4.13. The van der Waals surface area contributed by atoms with Crippen molar-refractivity contribution >= 4 is 21.8 Å². The van der Waals surface area contributed by atoms with E-state index in [4.69, 9.17) is 0 Å². The van der Waals surface area contributed by atoms with Crippen LogP contribution in [0.2, 0.25) is 0 Å². The molecule has 110 valence electrons. The van der Waals surface area contributed by atoms with Gasteiger partial charge >= 0.3 is 0 Å². The second-order valence-corrected chi connectivity index (χ2v) is 5.87. The largest absolute Gasteiger partial charge is 0.335 e. The van der Waals surface area contributed by atoms with Gasteiger partial charge in [0.15, 0.2) is 0 Å². The molecule has 0 spiro atoms. The van der Waals surface area contributed by atoms with Crippen molar-refractivity contribution in [1.29, 1.82) is 0 Å². The Labute approximate surface area is 126 Å². The van der Waals surface area contributed by atoms with Crippen LogP contribution in [0.25, 0.3) is 0 Å². The Bertz CT molecular complexity index is 455. The maximum atomic E-state index is 13.8. The Hall–Kier alpha value is -0.970. The highest BCUT2D eigenvalue weighted by atomic mass is 79.9. The molecular weight excluding hydrogens is 328 g/mol. The van der Waals surface area contributed by atoms with E-state index >= 15 is 0 Å². The molecule has 0 aromatic heterocycles. The molecule has 0 aliphatic heterocycles. The van der Waals surface area contributed by atoms with Crippen LogP contribution in [-0.4, -0.2) is 28.7 Å². The number of amides is 1. The van der Waals surface area contributed by atoms with Gasteiger partial charge in [-0.1, -0.05) is 41.3 Å². The number of carbonyl (C=O) groups is 1. The van der Waals surface area contributed by atoms with Gasteiger partial charge in [0, 0.05) is 17.9 Å². The number of carbonyl (C=O) groups excluding carboxylic acids is 1. The first-order chi connectivity index (χ1) is 9.65. The minimum atomic E-state index is -0.787. The standard InChI is InChI=1S/C15H18BrF2NO/c16-9-10-19(11-5-2-1-3-6-11)15(20)14-12(17)7-4-8-13(14)18/h4,7-8,11H,1-3,5-6,9-10H2. The molecule has 1 amide bonds. The van der Waals surface area contributed by atoms with Crippen LogP contribution in [0.5, 0.6) is 0 Å². The van der Waals surface area contributed by atoms with Crippen molar-refractivity contribution in [1.82, 2.24) is 4.90 Å². The van der Waals surface area contributed by atoms with Crippen LogP contribution in [-0.2, 0) is 0 Å². The Balaban J connectivity index is 2.26. The van der Waals surface area contributed by atoms with Crippen LogP contribution >= 0.6 is 15.9 Å². The Morgan fingerprint density at radius 2 is 1.80 bits per heavy atom. The molecule has 0 radical (unpaired) electrons. The van der Waals surface area contributed by atoms with Crippen LogP contribution in [0.3, 0.4) is 0 Å². The molecule has 0 unspecified atom stereocenters. The molecule has 1 aliphatic rings. The van der Waals surface area contributed by atoms with Crippen molar-refractivity contribution in [2.45, 2.75) is 38.1 Å². The van der Waals surface area contributed by atoms with Gasteiger partial charge in [0.1, 0.15) is 17.2 Å². The van der Waals surface area contributed by atoms with Crippen molar-refractivity contribution in [2.75, 3.05) is 11.9 Å². The van der Waals surface area contributed by atoms with E-state index in [0.29, 0.717) is 11.9 Å². The smallest absolute Gasteiger partial charge is 0.260 e. The number of alkyl halides is 1. The zero-order chi connectivity index (χ0) is 14.5. The summed E-state index contributed by atoms with van der Waals surface area (Å²) in [4.78, 5) is 14.1. The average Bonchev–Trinajstić information content (AvgIpc) is 2.45. The highest BCUT2D eigenvalue weighted by Crippen LogP contribution is 2.25. The van der Waals surface area contributed by atoms with Crippen molar-refractivity contribution in [3.05, 3.63) is 35.4 Å². The Kier molecular flexibility index (Phi) is 5.52. The van der Waals surface area contributed by atoms with Crippen molar-refractivity contribution in [3.8, 4) is 0 Å². The van der Waals surface area contributed by atoms with Crippen LogP contribution in [0.15, 0.2) is 18.2 Å². The summed E-state index contributed by atoms with van der Waals surface area (Å²) < 4.78 is 27.5. The molecule has 2 rings (SSSR count). The molecule has 0 atom stereocenters. The van der Waals surface area contributed by atoms with Gasteiger partial charge in [-0.25, -0.2) is 8.78 Å². The van der Waals surface area contributed by atoms with E-state index in [2.05, 4.69) is 15.9 Å². The topological polar surface area (TPSA) is 20.3 Å². The lowest BCUT2D eigenvalue weighted by atomic mass is 9.93. The van der Waals surface area contributed by atoms with Crippen LogP contribution in [0.4, 0.5) is 8.78 Å². The molecule has 2 nitrogen and oxygen atoms in total. The number of hydrogen-bond donors (Lipinski definition) is 0. The summed E-state index contributed by atoms with van der Waals surface area (Å²) in [6.45, 7) is 0.470. The van der Waals surface area contributed by atoms with Gasteiger partial charge in [-0.3, -0.25) is 4.79 Å². The summed E-state index contributed by atoms with van der Waals surface area (Å²) in [6.07, 6.45) is 5.12. The first-order valence-corrected chi connectivity index (χ1v) is 8.08. The molecule has 0 heterocycles. The van der Waals surface area contributed by atoms with Gasteiger partial charge in [0.05, 0.1) is 0 Å². The number of halogens is 3. The van der Waals surface area contributed by atoms with Crippen LogP contribution in [0, 0.1) is 11.6 Å². The lowest BCUT2D eigenvalue weighted by Gasteiger charge is -2.34. The molecule has 1 fully saturated rings. The van der Waals surface area contributed by atoms with Gasteiger partial charge in [-0.2, -0.15) is 0 Å². The van der Waals surface area contributed by atoms with Crippen molar-refractivity contribution in [2.24, 2.45) is 0 Å². The third-order valence-electron chi connectivity index (χ3n) is 3.78. The second kappa shape index (κ2) is 7.16. The molecule has 0 bridgehead atoms. The molecule has 0 N–H and O–H groups in total. The van der Waals surface area contributed by atoms with E-state index in [-0.39, 0.29) is 6.04 Å².